The SMILES string of the molecule is N[C@H](C(=O)O)c1ccc(Br)c([N+](=O)[O-])c1. The molecule has 0 aromatic heterocycles. The van der Waals surface area contributed by atoms with Crippen LogP contribution < -0.4 is 5.73 Å². The molecule has 15 heavy (non-hydrogen) atoms. The molecular weight excluding hydrogens is 268 g/mol. The zero-order chi connectivity index (χ0) is 11.6. The van der Waals surface area contributed by atoms with Gasteiger partial charge >= 0.3 is 5.97 Å². The number of carbonyl (C=O) groups is 1. The molecule has 0 amide bonds. The Morgan fingerprint density at radius 1 is 1.60 bits per heavy atom. The summed E-state index contributed by atoms with van der Waals surface area (Å²) in [5.74, 6) is -1.23. The van der Waals surface area contributed by atoms with Crippen molar-refractivity contribution in [2.75, 3.05) is 0 Å². The number of rotatable bonds is 3. The summed E-state index contributed by atoms with van der Waals surface area (Å²) in [4.78, 5) is 20.5. The average molecular weight is 275 g/mol. The van der Waals surface area contributed by atoms with Crippen LogP contribution in [0.5, 0.6) is 0 Å². The summed E-state index contributed by atoms with van der Waals surface area (Å²) in [5, 5.41) is 19.2. The van der Waals surface area contributed by atoms with Crippen LogP contribution in [0, 0.1) is 10.1 Å². The van der Waals surface area contributed by atoms with Crippen molar-refractivity contribution >= 4 is 27.6 Å². The van der Waals surface area contributed by atoms with Crippen molar-refractivity contribution < 1.29 is 14.8 Å². The molecule has 0 saturated carbocycles. The van der Waals surface area contributed by atoms with Gasteiger partial charge in [-0.1, -0.05) is 6.07 Å². The molecule has 0 bridgehead atoms. The van der Waals surface area contributed by atoms with E-state index in [2.05, 4.69) is 15.9 Å². The highest BCUT2D eigenvalue weighted by Gasteiger charge is 2.19. The highest BCUT2D eigenvalue weighted by Crippen LogP contribution is 2.27. The zero-order valence-electron chi connectivity index (χ0n) is 7.38. The monoisotopic (exact) mass is 274 g/mol. The summed E-state index contributed by atoms with van der Waals surface area (Å²) >= 11 is 2.99. The van der Waals surface area contributed by atoms with E-state index < -0.39 is 16.9 Å². The topological polar surface area (TPSA) is 106 Å². The second-order valence-electron chi connectivity index (χ2n) is 2.78. The van der Waals surface area contributed by atoms with Crippen molar-refractivity contribution in [2.45, 2.75) is 6.04 Å². The molecule has 6 nitrogen and oxygen atoms in total. The maximum Gasteiger partial charge on any atom is 0.325 e. The Balaban J connectivity index is 3.18. The molecule has 0 spiro atoms. The first-order chi connectivity index (χ1) is 6.93. The molecule has 0 saturated heterocycles. The van der Waals surface area contributed by atoms with Gasteiger partial charge in [0.2, 0.25) is 0 Å². The Morgan fingerprint density at radius 2 is 2.20 bits per heavy atom. The number of hydrogen-bond acceptors (Lipinski definition) is 4. The standard InChI is InChI=1S/C8H7BrN2O4/c9-5-2-1-4(7(10)8(12)13)3-6(5)11(14)15/h1-3,7H,10H2,(H,12,13)/t7-/m0/s1. The van der Waals surface area contributed by atoms with Crippen LogP contribution >= 0.6 is 15.9 Å². The van der Waals surface area contributed by atoms with E-state index >= 15 is 0 Å². The van der Waals surface area contributed by atoms with Gasteiger partial charge in [0, 0.05) is 6.07 Å². The fourth-order valence-corrected chi connectivity index (χ4v) is 1.40. The van der Waals surface area contributed by atoms with Crippen LogP contribution in [-0.2, 0) is 4.79 Å². The third-order valence-electron chi connectivity index (χ3n) is 1.79. The third kappa shape index (κ3) is 2.51. The maximum absolute atomic E-state index is 10.6. The largest absolute Gasteiger partial charge is 0.480 e. The summed E-state index contributed by atoms with van der Waals surface area (Å²) in [6.45, 7) is 0. The molecule has 0 aliphatic rings. The molecule has 0 aliphatic carbocycles. The Kier molecular flexibility index (Phi) is 3.38. The van der Waals surface area contributed by atoms with Gasteiger partial charge in [-0.05, 0) is 27.6 Å². The molecule has 7 heteroatoms. The van der Waals surface area contributed by atoms with Crippen molar-refractivity contribution in [2.24, 2.45) is 5.73 Å². The van der Waals surface area contributed by atoms with Crippen molar-refractivity contribution in [3.8, 4) is 0 Å². The Morgan fingerprint density at radius 3 is 2.67 bits per heavy atom. The summed E-state index contributed by atoms with van der Waals surface area (Å²) in [7, 11) is 0. The zero-order valence-corrected chi connectivity index (χ0v) is 8.97. The van der Waals surface area contributed by atoms with E-state index in [0.29, 0.717) is 0 Å². The summed E-state index contributed by atoms with van der Waals surface area (Å²) in [6.07, 6.45) is 0. The number of nitro groups is 1. The van der Waals surface area contributed by atoms with Crippen LogP contribution in [-0.4, -0.2) is 16.0 Å². The minimum absolute atomic E-state index is 0.192. The van der Waals surface area contributed by atoms with Gasteiger partial charge in [0.25, 0.3) is 5.69 Å². The lowest BCUT2D eigenvalue weighted by Gasteiger charge is -2.06. The van der Waals surface area contributed by atoms with Gasteiger partial charge in [-0.25, -0.2) is 0 Å². The van der Waals surface area contributed by atoms with Gasteiger partial charge < -0.3 is 10.8 Å². The van der Waals surface area contributed by atoms with E-state index in [-0.39, 0.29) is 15.7 Å². The normalized spacial score (nSPS) is 12.1. The molecular formula is C8H7BrN2O4. The Labute approximate surface area is 93.0 Å². The molecule has 0 fully saturated rings. The number of halogens is 1. The van der Waals surface area contributed by atoms with Crippen molar-refractivity contribution in [3.05, 3.63) is 38.3 Å². The molecule has 0 radical (unpaired) electrons. The number of aliphatic carboxylic acids is 1. The van der Waals surface area contributed by atoms with Crippen molar-refractivity contribution in [1.82, 2.24) is 0 Å². The van der Waals surface area contributed by atoms with Crippen LogP contribution in [0.1, 0.15) is 11.6 Å². The molecule has 0 aliphatic heterocycles. The third-order valence-corrected chi connectivity index (χ3v) is 2.46. The van der Waals surface area contributed by atoms with E-state index in [0.717, 1.165) is 6.07 Å². The minimum Gasteiger partial charge on any atom is -0.480 e. The number of carboxylic acid groups (broad SMARTS) is 1. The maximum atomic E-state index is 10.6. The number of hydrogen-bond donors (Lipinski definition) is 2. The predicted molar refractivity (Wildman–Crippen MR) is 55.4 cm³/mol. The Bertz CT molecular complexity index is 421. The smallest absolute Gasteiger partial charge is 0.325 e. The van der Waals surface area contributed by atoms with Crippen LogP contribution in [0.4, 0.5) is 5.69 Å². The van der Waals surface area contributed by atoms with Gasteiger partial charge in [-0.3, -0.25) is 14.9 Å². The highest BCUT2D eigenvalue weighted by atomic mass is 79.9. The van der Waals surface area contributed by atoms with Crippen molar-refractivity contribution in [3.63, 3.8) is 0 Å². The lowest BCUT2D eigenvalue weighted by atomic mass is 10.1. The number of nitrogens with zero attached hydrogens (tertiary/aromatic N) is 1. The lowest BCUT2D eigenvalue weighted by Crippen LogP contribution is -2.20. The van der Waals surface area contributed by atoms with E-state index in [1.807, 2.05) is 0 Å². The van der Waals surface area contributed by atoms with Gasteiger partial charge in [0.05, 0.1) is 9.40 Å². The first kappa shape index (κ1) is 11.6. The fraction of sp³-hybridized carbons (Fsp3) is 0.125. The fourth-order valence-electron chi connectivity index (χ4n) is 1.01. The van der Waals surface area contributed by atoms with E-state index in [9.17, 15) is 14.9 Å². The summed E-state index contributed by atoms with van der Waals surface area (Å²) in [6, 6.07) is 2.71. The number of benzene rings is 1. The molecule has 3 N–H and O–H groups in total. The molecule has 1 rings (SSSR count). The number of carboxylic acids is 1. The molecule has 80 valence electrons. The quantitative estimate of drug-likeness (QED) is 0.641. The van der Waals surface area contributed by atoms with Gasteiger partial charge in [-0.2, -0.15) is 0 Å². The van der Waals surface area contributed by atoms with Gasteiger partial charge in [0.15, 0.2) is 0 Å². The van der Waals surface area contributed by atoms with E-state index in [4.69, 9.17) is 10.8 Å². The second kappa shape index (κ2) is 4.37. The van der Waals surface area contributed by atoms with Crippen LogP contribution in [0.25, 0.3) is 0 Å². The van der Waals surface area contributed by atoms with Gasteiger partial charge in [0.1, 0.15) is 6.04 Å². The predicted octanol–water partition coefficient (Wildman–Crippen LogP) is 1.44. The molecule has 0 unspecified atom stereocenters. The average Bonchev–Trinajstić information content (AvgIpc) is 2.16. The Hall–Kier alpha value is -1.47. The highest BCUT2D eigenvalue weighted by molar-refractivity contribution is 9.10. The molecule has 1 atom stereocenters. The molecule has 0 heterocycles. The number of nitro benzene ring substituents is 1. The van der Waals surface area contributed by atoms with E-state index in [1.165, 1.54) is 12.1 Å². The lowest BCUT2D eigenvalue weighted by molar-refractivity contribution is -0.385. The van der Waals surface area contributed by atoms with Crippen LogP contribution in [0.3, 0.4) is 0 Å². The van der Waals surface area contributed by atoms with Crippen molar-refractivity contribution in [1.29, 1.82) is 0 Å². The second-order valence-corrected chi connectivity index (χ2v) is 3.64. The first-order valence-electron chi connectivity index (χ1n) is 3.85. The summed E-state index contributed by atoms with van der Waals surface area (Å²) in [5.41, 5.74) is 5.31. The van der Waals surface area contributed by atoms with E-state index in [1.54, 1.807) is 0 Å². The number of nitrogens with two attached hydrogens (primary N) is 1. The molecule has 1 aromatic carbocycles. The first-order valence-corrected chi connectivity index (χ1v) is 4.65. The van der Waals surface area contributed by atoms with Crippen LogP contribution in [0.2, 0.25) is 0 Å². The minimum atomic E-state index is -1.25. The van der Waals surface area contributed by atoms with Crippen LogP contribution in [0.15, 0.2) is 22.7 Å². The summed E-state index contributed by atoms with van der Waals surface area (Å²) < 4.78 is 0.286. The van der Waals surface area contributed by atoms with Gasteiger partial charge in [-0.15, -0.1) is 0 Å². The molecule has 1 aromatic rings.